The van der Waals surface area contributed by atoms with Crippen LogP contribution in [0.15, 0.2) is 139 Å². The number of allylic oxidation sites excluding steroid dienone is 4. The van der Waals surface area contributed by atoms with Gasteiger partial charge in [-0.25, -0.2) is 0 Å². The van der Waals surface area contributed by atoms with E-state index < -0.39 is 0 Å². The van der Waals surface area contributed by atoms with Crippen LogP contribution >= 0.6 is 0 Å². The molecule has 5 aromatic carbocycles. The summed E-state index contributed by atoms with van der Waals surface area (Å²) in [6.07, 6.45) is 8.11. The lowest BCUT2D eigenvalue weighted by molar-refractivity contribution is 0.815. The third-order valence-electron chi connectivity index (χ3n) is 8.68. The summed E-state index contributed by atoms with van der Waals surface area (Å²) in [5, 5.41) is 2.59. The first-order valence-electron chi connectivity index (χ1n) is 14.0. The fourth-order valence-corrected chi connectivity index (χ4v) is 6.84. The Morgan fingerprint density at radius 1 is 0.615 bits per heavy atom. The zero-order valence-electron chi connectivity index (χ0n) is 21.8. The van der Waals surface area contributed by atoms with E-state index in [0.717, 1.165) is 12.8 Å². The van der Waals surface area contributed by atoms with Gasteiger partial charge in [-0.05, 0) is 82.5 Å². The quantitative estimate of drug-likeness (QED) is 0.227. The zero-order chi connectivity index (χ0) is 25.8. The van der Waals surface area contributed by atoms with E-state index in [0.29, 0.717) is 5.92 Å². The fourth-order valence-electron chi connectivity index (χ4n) is 6.84. The highest BCUT2D eigenvalue weighted by Gasteiger charge is 2.30. The van der Waals surface area contributed by atoms with Crippen molar-refractivity contribution >= 4 is 27.4 Å². The van der Waals surface area contributed by atoms with Gasteiger partial charge >= 0.3 is 0 Å². The highest BCUT2D eigenvalue weighted by molar-refractivity contribution is 6.09. The molecule has 186 valence electrons. The molecule has 0 saturated heterocycles. The minimum Gasteiger partial charge on any atom is -0.309 e. The molecule has 0 unspecified atom stereocenters. The van der Waals surface area contributed by atoms with E-state index in [-0.39, 0.29) is 0 Å². The number of para-hydroxylation sites is 2. The molecule has 2 aliphatic rings. The number of rotatable bonds is 4. The monoisotopic (exact) mass is 499 g/mol. The predicted molar refractivity (Wildman–Crippen MR) is 164 cm³/mol. The zero-order valence-corrected chi connectivity index (χ0v) is 21.8. The average molecular weight is 500 g/mol. The van der Waals surface area contributed by atoms with E-state index in [4.69, 9.17) is 0 Å². The largest absolute Gasteiger partial charge is 0.309 e. The number of benzene rings is 5. The van der Waals surface area contributed by atoms with Crippen molar-refractivity contribution in [2.75, 3.05) is 0 Å². The lowest BCUT2D eigenvalue weighted by atomic mass is 9.87. The Morgan fingerprint density at radius 3 is 1.95 bits per heavy atom. The Hall–Kier alpha value is -4.62. The Bertz CT molecular complexity index is 1860. The maximum atomic E-state index is 2.39. The number of hydrogen-bond donors (Lipinski definition) is 0. The van der Waals surface area contributed by atoms with Crippen LogP contribution in [0.25, 0.3) is 44.2 Å². The minimum absolute atomic E-state index is 0.462. The van der Waals surface area contributed by atoms with Crippen LogP contribution in [0.2, 0.25) is 0 Å². The molecule has 1 aromatic heterocycles. The minimum atomic E-state index is 0.462. The molecule has 1 nitrogen and oxygen atoms in total. The van der Waals surface area contributed by atoms with Crippen LogP contribution in [-0.4, -0.2) is 4.57 Å². The van der Waals surface area contributed by atoms with Gasteiger partial charge in [0.2, 0.25) is 0 Å². The van der Waals surface area contributed by atoms with Crippen LogP contribution in [0.4, 0.5) is 0 Å². The SMILES string of the molecule is C1=CC2=C(CC1)c1ccccc1[C@@H]2Cc1ccc(-c2ccc(-n3c4ccccc4c4ccccc43)cc2)cc1. The number of nitrogens with zero attached hydrogens (tertiary/aromatic N) is 1. The molecule has 0 spiro atoms. The van der Waals surface area contributed by atoms with E-state index in [1.165, 1.54) is 67.3 Å². The molecular formula is C38H29N. The highest BCUT2D eigenvalue weighted by atomic mass is 15.0. The van der Waals surface area contributed by atoms with Gasteiger partial charge in [0.05, 0.1) is 11.0 Å². The maximum Gasteiger partial charge on any atom is 0.0541 e. The summed E-state index contributed by atoms with van der Waals surface area (Å²) < 4.78 is 2.37. The second-order valence-electron chi connectivity index (χ2n) is 10.8. The van der Waals surface area contributed by atoms with Crippen molar-refractivity contribution in [3.63, 3.8) is 0 Å². The summed E-state index contributed by atoms with van der Waals surface area (Å²) in [4.78, 5) is 0. The summed E-state index contributed by atoms with van der Waals surface area (Å²) in [7, 11) is 0. The Balaban J connectivity index is 1.09. The van der Waals surface area contributed by atoms with Crippen molar-refractivity contribution in [3.8, 4) is 16.8 Å². The van der Waals surface area contributed by atoms with Crippen molar-refractivity contribution < 1.29 is 0 Å². The van der Waals surface area contributed by atoms with E-state index in [1.807, 2.05) is 0 Å². The van der Waals surface area contributed by atoms with E-state index in [1.54, 1.807) is 5.57 Å². The molecule has 0 saturated carbocycles. The van der Waals surface area contributed by atoms with Crippen LogP contribution in [0.5, 0.6) is 0 Å². The van der Waals surface area contributed by atoms with E-state index in [2.05, 4.69) is 138 Å². The molecule has 0 aliphatic heterocycles. The van der Waals surface area contributed by atoms with Gasteiger partial charge in [0.1, 0.15) is 0 Å². The van der Waals surface area contributed by atoms with Gasteiger partial charge in [-0.1, -0.05) is 109 Å². The van der Waals surface area contributed by atoms with Crippen LogP contribution in [-0.2, 0) is 6.42 Å². The predicted octanol–water partition coefficient (Wildman–Crippen LogP) is 9.89. The molecule has 0 radical (unpaired) electrons. The molecule has 0 N–H and O–H groups in total. The summed E-state index contributed by atoms with van der Waals surface area (Å²) >= 11 is 0. The van der Waals surface area contributed by atoms with Gasteiger partial charge in [-0.2, -0.15) is 0 Å². The van der Waals surface area contributed by atoms with E-state index >= 15 is 0 Å². The molecule has 1 heteroatoms. The number of fused-ring (bicyclic) bond motifs is 5. The molecule has 6 aromatic rings. The average Bonchev–Trinajstić information content (AvgIpc) is 3.51. The molecule has 39 heavy (non-hydrogen) atoms. The standard InChI is InChI=1S/C38H29N/c1-3-11-32-30(9-1)31-10-2-4-12-33(31)36(32)25-26-17-19-27(20-18-26)28-21-23-29(24-22-28)39-37-15-7-5-13-34(37)35-14-6-8-16-38(35)39/h1,3-9,11-24,36H,2,10,25H2/t36-/m0/s1. The molecule has 1 atom stereocenters. The van der Waals surface area contributed by atoms with Crippen LogP contribution in [0.1, 0.15) is 35.4 Å². The third-order valence-corrected chi connectivity index (χ3v) is 8.68. The van der Waals surface area contributed by atoms with Crippen molar-refractivity contribution in [1.82, 2.24) is 4.57 Å². The third kappa shape index (κ3) is 3.61. The first kappa shape index (κ1) is 22.4. The topological polar surface area (TPSA) is 4.93 Å². The molecule has 2 aliphatic carbocycles. The van der Waals surface area contributed by atoms with Gasteiger partial charge in [0.15, 0.2) is 0 Å². The smallest absolute Gasteiger partial charge is 0.0541 e. The van der Waals surface area contributed by atoms with Crippen molar-refractivity contribution in [1.29, 1.82) is 0 Å². The molecule has 0 bridgehead atoms. The molecule has 0 amide bonds. The lowest BCUT2D eigenvalue weighted by Gasteiger charge is -2.17. The second-order valence-corrected chi connectivity index (χ2v) is 10.8. The fraction of sp³-hybridized carbons (Fsp3) is 0.105. The van der Waals surface area contributed by atoms with Crippen molar-refractivity contribution in [2.45, 2.75) is 25.2 Å². The maximum absolute atomic E-state index is 2.39. The first-order valence-corrected chi connectivity index (χ1v) is 14.0. The van der Waals surface area contributed by atoms with Gasteiger partial charge in [0.25, 0.3) is 0 Å². The summed E-state index contributed by atoms with van der Waals surface area (Å²) in [6, 6.07) is 44.6. The van der Waals surface area contributed by atoms with Gasteiger partial charge in [0, 0.05) is 22.4 Å². The summed E-state index contributed by atoms with van der Waals surface area (Å²) in [5.74, 6) is 0.462. The molecule has 8 rings (SSSR count). The Kier molecular flexibility index (Phi) is 5.16. The van der Waals surface area contributed by atoms with Gasteiger partial charge in [-0.3, -0.25) is 0 Å². The molecule has 0 fully saturated rings. The van der Waals surface area contributed by atoms with Crippen LogP contribution < -0.4 is 0 Å². The summed E-state index contributed by atoms with van der Waals surface area (Å²) in [6.45, 7) is 0. The summed E-state index contributed by atoms with van der Waals surface area (Å²) in [5.41, 5.74) is 13.7. The van der Waals surface area contributed by atoms with Crippen molar-refractivity contribution in [3.05, 3.63) is 156 Å². The Morgan fingerprint density at radius 2 is 1.23 bits per heavy atom. The van der Waals surface area contributed by atoms with Gasteiger partial charge in [-0.15, -0.1) is 0 Å². The second kappa shape index (κ2) is 8.99. The first-order chi connectivity index (χ1) is 19.3. The number of aromatic nitrogens is 1. The van der Waals surface area contributed by atoms with E-state index in [9.17, 15) is 0 Å². The Labute approximate surface area is 229 Å². The van der Waals surface area contributed by atoms with Crippen LogP contribution in [0.3, 0.4) is 0 Å². The van der Waals surface area contributed by atoms with Gasteiger partial charge < -0.3 is 4.57 Å². The highest BCUT2D eigenvalue weighted by Crippen LogP contribution is 2.47. The lowest BCUT2D eigenvalue weighted by Crippen LogP contribution is -2.03. The number of hydrogen-bond acceptors (Lipinski definition) is 0. The van der Waals surface area contributed by atoms with Crippen molar-refractivity contribution in [2.24, 2.45) is 0 Å². The normalized spacial score (nSPS) is 16.2. The molecule has 1 heterocycles. The molecular weight excluding hydrogens is 470 g/mol. The van der Waals surface area contributed by atoms with Crippen LogP contribution in [0, 0.1) is 0 Å².